The molecule has 0 saturated heterocycles. The highest BCUT2D eigenvalue weighted by Crippen LogP contribution is 2.15. The third-order valence-corrected chi connectivity index (χ3v) is 4.32. The van der Waals surface area contributed by atoms with E-state index in [1.54, 1.807) is 19.1 Å². The summed E-state index contributed by atoms with van der Waals surface area (Å²) in [6, 6.07) is 9.84. The maximum atomic E-state index is 13.0. The quantitative estimate of drug-likeness (QED) is 0.769. The number of halogens is 1. The highest BCUT2D eigenvalue weighted by Gasteiger charge is 2.07. The van der Waals surface area contributed by atoms with Gasteiger partial charge in [0.05, 0.1) is 4.90 Å². The first kappa shape index (κ1) is 17.9. The zero-order valence-corrected chi connectivity index (χ0v) is 13.9. The molecule has 0 aliphatic heterocycles. The van der Waals surface area contributed by atoms with Gasteiger partial charge in [0.2, 0.25) is 10.0 Å². The number of benzene rings is 2. The van der Waals surface area contributed by atoms with Crippen molar-refractivity contribution in [3.05, 3.63) is 59.4 Å². The van der Waals surface area contributed by atoms with Crippen LogP contribution >= 0.6 is 0 Å². The van der Waals surface area contributed by atoms with Crippen molar-refractivity contribution in [2.45, 2.75) is 18.2 Å². The molecule has 0 saturated carbocycles. The number of hydrogen-bond donors (Lipinski definition) is 3. The molecule has 0 fully saturated rings. The second-order valence-electron chi connectivity index (χ2n) is 5.28. The normalized spacial score (nSPS) is 11.1. The lowest BCUT2D eigenvalue weighted by Crippen LogP contribution is -2.30. The zero-order valence-electron chi connectivity index (χ0n) is 13.0. The van der Waals surface area contributed by atoms with E-state index in [2.05, 4.69) is 10.6 Å². The van der Waals surface area contributed by atoms with E-state index in [0.29, 0.717) is 24.2 Å². The van der Waals surface area contributed by atoms with Gasteiger partial charge in [0.15, 0.2) is 0 Å². The highest BCUT2D eigenvalue weighted by atomic mass is 32.2. The van der Waals surface area contributed by atoms with Crippen molar-refractivity contribution in [3.63, 3.8) is 0 Å². The van der Waals surface area contributed by atoms with Gasteiger partial charge < -0.3 is 10.6 Å². The lowest BCUT2D eigenvalue weighted by atomic mass is 10.1. The number of nitrogens with two attached hydrogens (primary N) is 1. The number of hydrogen-bond acceptors (Lipinski definition) is 3. The van der Waals surface area contributed by atoms with Crippen LogP contribution in [0.15, 0.2) is 47.4 Å². The van der Waals surface area contributed by atoms with Gasteiger partial charge in [-0.3, -0.25) is 0 Å². The number of carbonyl (C=O) groups excluding carboxylic acids is 1. The number of urea groups is 1. The van der Waals surface area contributed by atoms with E-state index < -0.39 is 16.1 Å². The molecule has 0 aliphatic carbocycles. The molecule has 0 atom stereocenters. The van der Waals surface area contributed by atoms with E-state index >= 15 is 0 Å². The fourth-order valence-electron chi connectivity index (χ4n) is 2.10. The van der Waals surface area contributed by atoms with Crippen molar-refractivity contribution in [2.75, 3.05) is 11.9 Å². The molecule has 0 bridgehead atoms. The number of carbonyl (C=O) groups is 1. The average Bonchev–Trinajstić information content (AvgIpc) is 2.50. The van der Waals surface area contributed by atoms with Gasteiger partial charge in [0, 0.05) is 12.2 Å². The Hall–Kier alpha value is -2.45. The van der Waals surface area contributed by atoms with E-state index in [1.807, 2.05) is 0 Å². The minimum absolute atomic E-state index is 0.0451. The Morgan fingerprint density at radius 3 is 2.42 bits per heavy atom. The van der Waals surface area contributed by atoms with Crippen molar-refractivity contribution in [1.29, 1.82) is 0 Å². The molecular formula is C16H18FN3O3S. The van der Waals surface area contributed by atoms with E-state index in [9.17, 15) is 17.6 Å². The fourth-order valence-corrected chi connectivity index (χ4v) is 2.62. The molecule has 0 spiro atoms. The molecule has 0 unspecified atom stereocenters. The Kier molecular flexibility index (Phi) is 5.53. The van der Waals surface area contributed by atoms with Crippen LogP contribution in [0.2, 0.25) is 0 Å². The van der Waals surface area contributed by atoms with Gasteiger partial charge in [-0.1, -0.05) is 12.1 Å². The number of sulfonamides is 1. The summed E-state index contributed by atoms with van der Waals surface area (Å²) in [6.07, 6.45) is 0.528. The van der Waals surface area contributed by atoms with Crippen molar-refractivity contribution in [1.82, 2.24) is 5.32 Å². The molecule has 0 aromatic heterocycles. The average molecular weight is 351 g/mol. The topological polar surface area (TPSA) is 101 Å². The maximum Gasteiger partial charge on any atom is 0.319 e. The van der Waals surface area contributed by atoms with Gasteiger partial charge in [0.25, 0.3) is 0 Å². The third kappa shape index (κ3) is 5.04. The molecule has 2 rings (SSSR count). The molecule has 4 N–H and O–H groups in total. The van der Waals surface area contributed by atoms with Gasteiger partial charge in [-0.25, -0.2) is 22.7 Å². The Morgan fingerprint density at radius 1 is 1.17 bits per heavy atom. The number of nitrogens with one attached hydrogen (secondary N) is 2. The van der Waals surface area contributed by atoms with Gasteiger partial charge in [-0.15, -0.1) is 0 Å². The predicted molar refractivity (Wildman–Crippen MR) is 89.7 cm³/mol. The highest BCUT2D eigenvalue weighted by molar-refractivity contribution is 7.89. The summed E-state index contributed by atoms with van der Waals surface area (Å²) in [5.74, 6) is -0.360. The molecule has 24 heavy (non-hydrogen) atoms. The smallest absolute Gasteiger partial charge is 0.319 e. The summed E-state index contributed by atoms with van der Waals surface area (Å²) in [5, 5.41) is 10.3. The largest absolute Gasteiger partial charge is 0.338 e. The van der Waals surface area contributed by atoms with Crippen LogP contribution in [0.5, 0.6) is 0 Å². The van der Waals surface area contributed by atoms with Crippen LogP contribution in [0.25, 0.3) is 0 Å². The molecule has 2 amide bonds. The predicted octanol–water partition coefficient (Wildman–Crippen LogP) is 2.15. The summed E-state index contributed by atoms with van der Waals surface area (Å²) < 4.78 is 35.3. The van der Waals surface area contributed by atoms with E-state index in [0.717, 1.165) is 5.56 Å². The number of rotatable bonds is 5. The van der Waals surface area contributed by atoms with Crippen molar-refractivity contribution >= 4 is 21.7 Å². The van der Waals surface area contributed by atoms with Crippen molar-refractivity contribution in [3.8, 4) is 0 Å². The molecule has 6 nitrogen and oxygen atoms in total. The molecule has 0 radical (unpaired) electrons. The fraction of sp³-hybridized carbons (Fsp3) is 0.188. The Morgan fingerprint density at radius 2 is 1.83 bits per heavy atom. The minimum atomic E-state index is -3.70. The van der Waals surface area contributed by atoms with Crippen LogP contribution in [0.1, 0.15) is 11.1 Å². The number of aryl methyl sites for hydroxylation is 1. The Labute approximate surface area is 139 Å². The van der Waals surface area contributed by atoms with E-state index in [4.69, 9.17) is 5.14 Å². The summed E-state index contributed by atoms with van der Waals surface area (Å²) in [4.78, 5) is 11.9. The standard InChI is InChI=1S/C16H18FN3O3S/c1-11-10-13(17)4-7-15(11)20-16(21)19-9-8-12-2-5-14(6-3-12)24(18,22)23/h2-7,10H,8-9H2,1H3,(H2,18,22,23)(H2,19,20,21). The molecule has 128 valence electrons. The van der Waals surface area contributed by atoms with Gasteiger partial charge in [-0.2, -0.15) is 0 Å². The van der Waals surface area contributed by atoms with E-state index in [1.165, 1.54) is 30.3 Å². The third-order valence-electron chi connectivity index (χ3n) is 3.39. The van der Waals surface area contributed by atoms with Crippen LogP contribution in [0, 0.1) is 12.7 Å². The van der Waals surface area contributed by atoms with Crippen molar-refractivity contribution in [2.24, 2.45) is 5.14 Å². The minimum Gasteiger partial charge on any atom is -0.338 e. The van der Waals surface area contributed by atoms with Crippen molar-refractivity contribution < 1.29 is 17.6 Å². The van der Waals surface area contributed by atoms with Crippen LogP contribution in [0.4, 0.5) is 14.9 Å². The monoisotopic (exact) mass is 351 g/mol. The summed E-state index contributed by atoms with van der Waals surface area (Å²) in [6.45, 7) is 2.06. The summed E-state index contributed by atoms with van der Waals surface area (Å²) in [5.41, 5.74) is 2.02. The Balaban J connectivity index is 1.84. The molecular weight excluding hydrogens is 333 g/mol. The molecule has 2 aromatic carbocycles. The maximum absolute atomic E-state index is 13.0. The molecule has 0 aliphatic rings. The Bertz CT molecular complexity index is 836. The van der Waals surface area contributed by atoms with Crippen LogP contribution in [-0.4, -0.2) is 21.0 Å². The summed E-state index contributed by atoms with van der Waals surface area (Å²) in [7, 11) is -3.70. The first-order valence-electron chi connectivity index (χ1n) is 7.18. The van der Waals surface area contributed by atoms with E-state index in [-0.39, 0.29) is 10.7 Å². The van der Waals surface area contributed by atoms with Gasteiger partial charge in [0.1, 0.15) is 5.82 Å². The lowest BCUT2D eigenvalue weighted by molar-refractivity contribution is 0.252. The summed E-state index contributed by atoms with van der Waals surface area (Å²) >= 11 is 0. The zero-order chi connectivity index (χ0) is 17.7. The van der Waals surface area contributed by atoms with Gasteiger partial charge >= 0.3 is 6.03 Å². The van der Waals surface area contributed by atoms with Crippen LogP contribution in [-0.2, 0) is 16.4 Å². The SMILES string of the molecule is Cc1cc(F)ccc1NC(=O)NCCc1ccc(S(N)(=O)=O)cc1. The molecule has 8 heteroatoms. The first-order valence-corrected chi connectivity index (χ1v) is 8.73. The molecule has 0 heterocycles. The second kappa shape index (κ2) is 7.41. The van der Waals surface area contributed by atoms with Crippen LogP contribution in [0.3, 0.4) is 0 Å². The number of primary sulfonamides is 1. The van der Waals surface area contributed by atoms with Gasteiger partial charge in [-0.05, 0) is 54.8 Å². The first-order chi connectivity index (χ1) is 11.3. The number of amides is 2. The molecule has 2 aromatic rings. The lowest BCUT2D eigenvalue weighted by Gasteiger charge is -2.10. The number of anilines is 1. The second-order valence-corrected chi connectivity index (χ2v) is 6.84. The van der Waals surface area contributed by atoms with Crippen LogP contribution < -0.4 is 15.8 Å².